The van der Waals surface area contributed by atoms with Crippen molar-refractivity contribution in [2.24, 2.45) is 0 Å². The number of H-pyrrole nitrogens is 1. The van der Waals surface area contributed by atoms with Crippen LogP contribution in [0.15, 0.2) is 72.9 Å². The predicted octanol–water partition coefficient (Wildman–Crippen LogP) is 3.58. The van der Waals surface area contributed by atoms with Crippen molar-refractivity contribution in [3.63, 3.8) is 0 Å². The van der Waals surface area contributed by atoms with Crippen molar-refractivity contribution in [2.45, 2.75) is 31.7 Å². The van der Waals surface area contributed by atoms with Gasteiger partial charge in [0, 0.05) is 87.9 Å². The molecule has 7 rings (SSSR count). The standard InChI is InChI=1S/C29H33N5O3S2/c35-28-16-20(33-6-10-36-11-7-33)15-22(32-28)21-2-1-3-26-29(21)39-25-5-4-19(14-27(25)38-26)31-23-17-30-18-24(23)34-8-12-37-13-9-34/h1-5,14-16,23-24,30-31H,6-13,17-18H2,(H,32,35)/t23-,24?/m1/s1. The van der Waals surface area contributed by atoms with Gasteiger partial charge < -0.3 is 30.0 Å². The van der Waals surface area contributed by atoms with Crippen molar-refractivity contribution in [1.29, 1.82) is 0 Å². The van der Waals surface area contributed by atoms with Crippen LogP contribution in [0.3, 0.4) is 0 Å². The van der Waals surface area contributed by atoms with Crippen molar-refractivity contribution in [2.75, 3.05) is 75.9 Å². The number of anilines is 2. The quantitative estimate of drug-likeness (QED) is 0.338. The van der Waals surface area contributed by atoms with Crippen LogP contribution in [0.4, 0.5) is 11.4 Å². The van der Waals surface area contributed by atoms with Crippen LogP contribution in [0.5, 0.6) is 0 Å². The molecule has 2 aromatic carbocycles. The fraction of sp³-hybridized carbons (Fsp3) is 0.414. The second-order valence-electron chi connectivity index (χ2n) is 10.3. The van der Waals surface area contributed by atoms with Gasteiger partial charge in [-0.15, -0.1) is 0 Å². The molecule has 39 heavy (non-hydrogen) atoms. The lowest BCUT2D eigenvalue weighted by atomic mass is 10.1. The van der Waals surface area contributed by atoms with Gasteiger partial charge in [0.25, 0.3) is 0 Å². The number of hydrogen-bond acceptors (Lipinski definition) is 9. The van der Waals surface area contributed by atoms with E-state index in [0.29, 0.717) is 25.3 Å². The average molecular weight is 564 g/mol. The molecule has 3 N–H and O–H groups in total. The Kier molecular flexibility index (Phi) is 7.31. The molecule has 5 heterocycles. The number of morpholine rings is 2. The number of nitrogens with one attached hydrogen (secondary N) is 3. The number of nitrogens with zero attached hydrogens (tertiary/aromatic N) is 2. The minimum atomic E-state index is -0.0760. The molecule has 3 fully saturated rings. The predicted molar refractivity (Wildman–Crippen MR) is 157 cm³/mol. The second-order valence-corrected chi connectivity index (χ2v) is 12.5. The highest BCUT2D eigenvalue weighted by molar-refractivity contribution is 8.05. The average Bonchev–Trinajstić information content (AvgIpc) is 3.44. The zero-order chi connectivity index (χ0) is 26.2. The third-order valence-electron chi connectivity index (χ3n) is 7.90. The van der Waals surface area contributed by atoms with Crippen LogP contribution in [0.2, 0.25) is 0 Å². The Morgan fingerprint density at radius 2 is 1.67 bits per heavy atom. The van der Waals surface area contributed by atoms with Gasteiger partial charge in [0.15, 0.2) is 0 Å². The highest BCUT2D eigenvalue weighted by Gasteiger charge is 2.33. The maximum absolute atomic E-state index is 12.7. The molecular weight excluding hydrogens is 530 g/mol. The molecule has 4 aliphatic rings. The van der Waals surface area contributed by atoms with Gasteiger partial charge in [-0.25, -0.2) is 0 Å². The van der Waals surface area contributed by atoms with E-state index in [1.807, 2.05) is 0 Å². The van der Waals surface area contributed by atoms with Crippen LogP contribution in [-0.2, 0) is 9.47 Å². The molecule has 8 nitrogen and oxygen atoms in total. The third-order valence-corrected chi connectivity index (χ3v) is 10.5. The lowest BCUT2D eigenvalue weighted by Gasteiger charge is -2.35. The van der Waals surface area contributed by atoms with Crippen molar-refractivity contribution < 1.29 is 9.47 Å². The summed E-state index contributed by atoms with van der Waals surface area (Å²) in [5.74, 6) is 0. The second kappa shape index (κ2) is 11.2. The maximum atomic E-state index is 12.7. The molecule has 2 atom stereocenters. The number of fused-ring (bicyclic) bond motifs is 2. The van der Waals surface area contributed by atoms with Gasteiger partial charge in [-0.05, 0) is 30.3 Å². The van der Waals surface area contributed by atoms with Crippen LogP contribution < -0.4 is 21.1 Å². The first kappa shape index (κ1) is 25.5. The molecule has 3 saturated heterocycles. The molecule has 10 heteroatoms. The fourth-order valence-electron chi connectivity index (χ4n) is 5.90. The number of ether oxygens (including phenoxy) is 2. The Bertz CT molecular complexity index is 1400. The van der Waals surface area contributed by atoms with Crippen molar-refractivity contribution in [1.82, 2.24) is 15.2 Å². The molecule has 204 valence electrons. The van der Waals surface area contributed by atoms with Crippen LogP contribution in [0.25, 0.3) is 11.3 Å². The number of rotatable bonds is 5. The SMILES string of the molecule is O=c1cc(N2CCOCC2)cc(-c2cccc3c2Sc2ccc(N[C@@H]4CNCC4N4CCOCC4)cc2S3)[nH]1. The minimum absolute atomic E-state index is 0.0760. The van der Waals surface area contributed by atoms with Gasteiger partial charge in [-0.2, -0.15) is 0 Å². The van der Waals surface area contributed by atoms with Crippen LogP contribution in [-0.4, -0.2) is 87.7 Å². The zero-order valence-corrected chi connectivity index (χ0v) is 23.4. The van der Waals surface area contributed by atoms with Crippen molar-refractivity contribution in [3.8, 4) is 11.3 Å². The molecule has 4 aliphatic heterocycles. The third kappa shape index (κ3) is 5.33. The first-order valence-electron chi connectivity index (χ1n) is 13.7. The Morgan fingerprint density at radius 3 is 2.51 bits per heavy atom. The molecule has 3 aromatic rings. The molecule has 0 bridgehead atoms. The van der Waals surface area contributed by atoms with E-state index in [1.54, 1.807) is 29.6 Å². The van der Waals surface area contributed by atoms with Gasteiger partial charge in [0.2, 0.25) is 5.56 Å². The summed E-state index contributed by atoms with van der Waals surface area (Å²) >= 11 is 3.59. The van der Waals surface area contributed by atoms with Crippen LogP contribution in [0, 0.1) is 0 Å². The van der Waals surface area contributed by atoms with Gasteiger partial charge in [0.05, 0.1) is 38.2 Å². The molecular formula is C29H33N5O3S2. The zero-order valence-electron chi connectivity index (χ0n) is 21.8. The van der Waals surface area contributed by atoms with Gasteiger partial charge in [-0.3, -0.25) is 9.69 Å². The van der Waals surface area contributed by atoms with Gasteiger partial charge in [0.1, 0.15) is 0 Å². The highest BCUT2D eigenvalue weighted by Crippen LogP contribution is 2.52. The molecule has 0 spiro atoms. The summed E-state index contributed by atoms with van der Waals surface area (Å²) in [6.07, 6.45) is 0. The summed E-state index contributed by atoms with van der Waals surface area (Å²) in [6.45, 7) is 8.60. The summed E-state index contributed by atoms with van der Waals surface area (Å²) in [7, 11) is 0. The van der Waals surface area contributed by atoms with Gasteiger partial charge in [-0.1, -0.05) is 35.7 Å². The molecule has 0 aliphatic carbocycles. The number of benzene rings is 2. The van der Waals surface area contributed by atoms with E-state index in [-0.39, 0.29) is 5.56 Å². The van der Waals surface area contributed by atoms with Crippen molar-refractivity contribution in [3.05, 3.63) is 58.9 Å². The number of hydrogen-bond donors (Lipinski definition) is 3. The minimum Gasteiger partial charge on any atom is -0.379 e. The topological polar surface area (TPSA) is 81.9 Å². The number of aromatic nitrogens is 1. The number of aromatic amines is 1. The summed E-state index contributed by atoms with van der Waals surface area (Å²) in [5.41, 5.74) is 3.97. The van der Waals surface area contributed by atoms with E-state index < -0.39 is 0 Å². The highest BCUT2D eigenvalue weighted by atomic mass is 32.2. The van der Waals surface area contributed by atoms with Crippen LogP contribution >= 0.6 is 23.5 Å². The Labute approximate surface area is 236 Å². The summed E-state index contributed by atoms with van der Waals surface area (Å²) in [4.78, 5) is 25.4. The molecule has 0 amide bonds. The van der Waals surface area contributed by atoms with E-state index >= 15 is 0 Å². The van der Waals surface area contributed by atoms with E-state index in [1.165, 1.54) is 19.6 Å². The van der Waals surface area contributed by atoms with Crippen LogP contribution in [0.1, 0.15) is 0 Å². The van der Waals surface area contributed by atoms with E-state index in [2.05, 4.69) is 67.9 Å². The Hall–Kier alpha value is -2.47. The van der Waals surface area contributed by atoms with E-state index in [4.69, 9.17) is 9.47 Å². The molecule has 1 aromatic heterocycles. The first-order valence-corrected chi connectivity index (χ1v) is 15.3. The molecule has 1 unspecified atom stereocenters. The van der Waals surface area contributed by atoms with E-state index in [9.17, 15) is 4.79 Å². The summed E-state index contributed by atoms with van der Waals surface area (Å²) in [5, 5.41) is 7.40. The largest absolute Gasteiger partial charge is 0.379 e. The summed E-state index contributed by atoms with van der Waals surface area (Å²) in [6, 6.07) is 17.8. The number of pyridine rings is 1. The van der Waals surface area contributed by atoms with Gasteiger partial charge >= 0.3 is 0 Å². The lowest BCUT2D eigenvalue weighted by molar-refractivity contribution is 0.0189. The lowest BCUT2D eigenvalue weighted by Crippen LogP contribution is -2.50. The van der Waals surface area contributed by atoms with Crippen molar-refractivity contribution >= 4 is 34.9 Å². The van der Waals surface area contributed by atoms with E-state index in [0.717, 1.165) is 75.1 Å². The maximum Gasteiger partial charge on any atom is 0.250 e. The molecule has 0 radical (unpaired) electrons. The fourth-order valence-corrected chi connectivity index (χ4v) is 8.31. The monoisotopic (exact) mass is 563 g/mol. The smallest absolute Gasteiger partial charge is 0.250 e. The normalized spacial score (nSPS) is 23.3. The summed E-state index contributed by atoms with van der Waals surface area (Å²) < 4.78 is 11.1. The Morgan fingerprint density at radius 1 is 0.846 bits per heavy atom. The molecule has 0 saturated carbocycles. The Balaban J connectivity index is 1.12. The first-order chi connectivity index (χ1) is 19.2.